The second-order valence-corrected chi connectivity index (χ2v) is 8.05. The van der Waals surface area contributed by atoms with Crippen LogP contribution in [0.15, 0.2) is 21.5 Å². The van der Waals surface area contributed by atoms with Gasteiger partial charge in [-0.1, -0.05) is 22.4 Å². The molecule has 1 atom stereocenters. The van der Waals surface area contributed by atoms with Gasteiger partial charge in [-0.2, -0.15) is 0 Å². The highest BCUT2D eigenvalue weighted by molar-refractivity contribution is 9.10. The van der Waals surface area contributed by atoms with Crippen molar-refractivity contribution < 1.29 is 18.3 Å². The van der Waals surface area contributed by atoms with E-state index in [-0.39, 0.29) is 16.5 Å². The Morgan fingerprint density at radius 3 is 2.52 bits per heavy atom. The quantitative estimate of drug-likeness (QED) is 0.828. The summed E-state index contributed by atoms with van der Waals surface area (Å²) in [6.45, 7) is 3.48. The lowest BCUT2D eigenvalue weighted by atomic mass is 9.81. The van der Waals surface area contributed by atoms with E-state index in [4.69, 9.17) is 5.11 Å². The molecule has 1 fully saturated rings. The molecule has 1 aromatic rings. The van der Waals surface area contributed by atoms with Gasteiger partial charge in [0.15, 0.2) is 0 Å². The van der Waals surface area contributed by atoms with Crippen molar-refractivity contribution in [1.29, 1.82) is 0 Å². The van der Waals surface area contributed by atoms with E-state index in [2.05, 4.69) is 20.7 Å². The normalized spacial score (nSPS) is 17.3. The zero-order chi connectivity index (χ0) is 15.8. The molecule has 1 aromatic carbocycles. The maximum Gasteiger partial charge on any atom is 0.336 e. The maximum atomic E-state index is 12.4. The van der Waals surface area contributed by atoms with Gasteiger partial charge in [0.05, 0.1) is 10.5 Å². The van der Waals surface area contributed by atoms with Gasteiger partial charge in [0, 0.05) is 10.5 Å². The molecule has 0 spiro atoms. The molecule has 0 bridgehead atoms. The zero-order valence-corrected chi connectivity index (χ0v) is 14.3. The van der Waals surface area contributed by atoms with Crippen LogP contribution in [0, 0.1) is 12.8 Å². The van der Waals surface area contributed by atoms with Crippen LogP contribution in [0.25, 0.3) is 0 Å². The fourth-order valence-electron chi connectivity index (χ4n) is 2.38. The van der Waals surface area contributed by atoms with Gasteiger partial charge < -0.3 is 5.11 Å². The van der Waals surface area contributed by atoms with Crippen molar-refractivity contribution in [3.05, 3.63) is 27.7 Å². The van der Waals surface area contributed by atoms with Crippen molar-refractivity contribution in [3.63, 3.8) is 0 Å². The van der Waals surface area contributed by atoms with Crippen molar-refractivity contribution in [2.24, 2.45) is 5.92 Å². The lowest BCUT2D eigenvalue weighted by Crippen LogP contribution is -2.40. The maximum absolute atomic E-state index is 12.4. The average Bonchev–Trinajstić information content (AvgIpc) is 2.28. The van der Waals surface area contributed by atoms with Gasteiger partial charge in [0.2, 0.25) is 10.0 Å². The first-order valence-electron chi connectivity index (χ1n) is 6.78. The Hall–Kier alpha value is -0.920. The summed E-state index contributed by atoms with van der Waals surface area (Å²) in [4.78, 5) is 11.2. The van der Waals surface area contributed by atoms with E-state index in [9.17, 15) is 13.2 Å². The first-order valence-corrected chi connectivity index (χ1v) is 9.06. The first kappa shape index (κ1) is 16.5. The minimum atomic E-state index is -3.72. The molecule has 0 radical (unpaired) electrons. The van der Waals surface area contributed by atoms with Crippen molar-refractivity contribution in [3.8, 4) is 0 Å². The Morgan fingerprint density at radius 2 is 2.05 bits per heavy atom. The third-order valence-corrected chi connectivity index (χ3v) is 6.42. The van der Waals surface area contributed by atoms with E-state index in [1.54, 1.807) is 6.92 Å². The molecule has 21 heavy (non-hydrogen) atoms. The van der Waals surface area contributed by atoms with Crippen LogP contribution in [0.4, 0.5) is 0 Å². The molecule has 5 nitrogen and oxygen atoms in total. The summed E-state index contributed by atoms with van der Waals surface area (Å²) >= 11 is 3.22. The molecule has 116 valence electrons. The fourth-order valence-corrected chi connectivity index (χ4v) is 4.36. The number of carbonyl (C=O) groups is 1. The van der Waals surface area contributed by atoms with Gasteiger partial charge in [-0.3, -0.25) is 0 Å². The number of carboxylic acid groups (broad SMARTS) is 1. The predicted octanol–water partition coefficient (Wildman–Crippen LogP) is 2.92. The highest BCUT2D eigenvalue weighted by Crippen LogP contribution is 2.31. The second-order valence-electron chi connectivity index (χ2n) is 5.48. The van der Waals surface area contributed by atoms with Crippen molar-refractivity contribution in [2.45, 2.75) is 44.0 Å². The van der Waals surface area contributed by atoms with E-state index in [0.717, 1.165) is 19.3 Å². The van der Waals surface area contributed by atoms with Crippen LogP contribution in [-0.4, -0.2) is 25.5 Å². The number of hydrogen-bond donors (Lipinski definition) is 2. The van der Waals surface area contributed by atoms with Crippen molar-refractivity contribution >= 4 is 31.9 Å². The number of halogens is 1. The minimum Gasteiger partial charge on any atom is -0.478 e. The van der Waals surface area contributed by atoms with E-state index in [0.29, 0.717) is 16.0 Å². The number of benzene rings is 1. The Kier molecular flexibility index (Phi) is 4.75. The Morgan fingerprint density at radius 1 is 1.43 bits per heavy atom. The number of nitrogens with one attached hydrogen (secondary N) is 1. The van der Waals surface area contributed by atoms with Crippen LogP contribution in [0.5, 0.6) is 0 Å². The van der Waals surface area contributed by atoms with E-state index in [1.165, 1.54) is 12.1 Å². The van der Waals surface area contributed by atoms with Crippen LogP contribution in [0.2, 0.25) is 0 Å². The summed E-state index contributed by atoms with van der Waals surface area (Å²) in [5.41, 5.74) is 0.495. The van der Waals surface area contributed by atoms with Crippen LogP contribution in [-0.2, 0) is 10.0 Å². The monoisotopic (exact) mass is 375 g/mol. The molecule has 0 aliphatic heterocycles. The summed E-state index contributed by atoms with van der Waals surface area (Å²) in [5.74, 6) is -0.773. The van der Waals surface area contributed by atoms with Crippen LogP contribution >= 0.6 is 15.9 Å². The molecular weight excluding hydrogens is 358 g/mol. The van der Waals surface area contributed by atoms with Gasteiger partial charge in [-0.25, -0.2) is 17.9 Å². The van der Waals surface area contributed by atoms with Crippen LogP contribution < -0.4 is 4.72 Å². The zero-order valence-electron chi connectivity index (χ0n) is 11.9. The molecule has 0 amide bonds. The molecule has 1 unspecified atom stereocenters. The highest BCUT2D eigenvalue weighted by atomic mass is 79.9. The molecule has 2 rings (SSSR count). The van der Waals surface area contributed by atoms with E-state index >= 15 is 0 Å². The third kappa shape index (κ3) is 3.46. The Balaban J connectivity index is 2.33. The topological polar surface area (TPSA) is 83.5 Å². The summed E-state index contributed by atoms with van der Waals surface area (Å²) in [6, 6.07) is 2.51. The fraction of sp³-hybridized carbons (Fsp3) is 0.500. The first-order chi connectivity index (χ1) is 9.72. The minimum absolute atomic E-state index is 0.0129. The molecule has 7 heteroatoms. The number of rotatable bonds is 5. The molecule has 0 saturated heterocycles. The van der Waals surface area contributed by atoms with E-state index in [1.807, 2.05) is 6.92 Å². The number of sulfonamides is 1. The smallest absolute Gasteiger partial charge is 0.336 e. The molecule has 2 N–H and O–H groups in total. The van der Waals surface area contributed by atoms with Crippen LogP contribution in [0.1, 0.15) is 42.1 Å². The molecule has 1 saturated carbocycles. The summed E-state index contributed by atoms with van der Waals surface area (Å²) in [5, 5.41) is 9.16. The molecule has 1 aliphatic rings. The summed E-state index contributed by atoms with van der Waals surface area (Å²) < 4.78 is 27.9. The predicted molar refractivity (Wildman–Crippen MR) is 83.0 cm³/mol. The van der Waals surface area contributed by atoms with E-state index < -0.39 is 16.0 Å². The Bertz CT molecular complexity index is 668. The van der Waals surface area contributed by atoms with Crippen molar-refractivity contribution in [1.82, 2.24) is 4.72 Å². The third-order valence-electron chi connectivity index (χ3n) is 4.06. The van der Waals surface area contributed by atoms with Gasteiger partial charge in [-0.15, -0.1) is 0 Å². The lowest BCUT2D eigenvalue weighted by Gasteiger charge is -2.31. The number of carboxylic acids is 1. The number of hydrogen-bond acceptors (Lipinski definition) is 3. The Labute approximate surface area is 132 Å². The average molecular weight is 376 g/mol. The largest absolute Gasteiger partial charge is 0.478 e. The standard InChI is InChI=1S/C14H18BrNO4S/c1-8-12(14(17)18)6-11(7-13(8)15)21(19,20)16-9(2)10-4-3-5-10/h6-7,9-10,16H,3-5H2,1-2H3,(H,17,18). The molecule has 1 aliphatic carbocycles. The van der Waals surface area contributed by atoms with Gasteiger partial charge in [-0.05, 0) is 50.3 Å². The van der Waals surface area contributed by atoms with Crippen molar-refractivity contribution in [2.75, 3.05) is 0 Å². The lowest BCUT2D eigenvalue weighted by molar-refractivity contribution is 0.0695. The summed E-state index contributed by atoms with van der Waals surface area (Å²) in [6.07, 6.45) is 3.19. The molecule has 0 aromatic heterocycles. The highest BCUT2D eigenvalue weighted by Gasteiger charge is 2.28. The second kappa shape index (κ2) is 6.06. The molecule has 0 heterocycles. The van der Waals surface area contributed by atoms with Gasteiger partial charge in [0.1, 0.15) is 0 Å². The van der Waals surface area contributed by atoms with Crippen LogP contribution in [0.3, 0.4) is 0 Å². The van der Waals surface area contributed by atoms with Gasteiger partial charge >= 0.3 is 5.97 Å². The SMILES string of the molecule is Cc1c(Br)cc(S(=O)(=O)NC(C)C2CCC2)cc1C(=O)O. The number of aromatic carboxylic acids is 1. The van der Waals surface area contributed by atoms with Gasteiger partial charge in [0.25, 0.3) is 0 Å². The summed E-state index contributed by atoms with van der Waals surface area (Å²) in [7, 11) is -3.72. The molecular formula is C14H18BrNO4S.